The van der Waals surface area contributed by atoms with E-state index in [0.29, 0.717) is 10.6 Å². The molecule has 0 bridgehead atoms. The zero-order valence-corrected chi connectivity index (χ0v) is 12.0. The Balaban J connectivity index is 2.13. The van der Waals surface area contributed by atoms with E-state index < -0.39 is 5.97 Å². The number of carboxylic acid groups (broad SMARTS) is 1. The SMILES string of the molecule is CCCC1CCN(c2ccc(Cl)cc2C(=O)O)CC1. The summed E-state index contributed by atoms with van der Waals surface area (Å²) in [5.74, 6) is -0.116. The number of halogens is 1. The molecule has 0 aliphatic carbocycles. The molecule has 104 valence electrons. The number of piperidine rings is 1. The molecular weight excluding hydrogens is 262 g/mol. The Labute approximate surface area is 119 Å². The summed E-state index contributed by atoms with van der Waals surface area (Å²) in [6.07, 6.45) is 4.80. The van der Waals surface area contributed by atoms with Crippen LogP contribution in [0.4, 0.5) is 5.69 Å². The highest BCUT2D eigenvalue weighted by Crippen LogP contribution is 2.30. The van der Waals surface area contributed by atoms with Gasteiger partial charge in [0.25, 0.3) is 0 Å². The second-order valence-corrected chi connectivity index (χ2v) is 5.62. The average Bonchev–Trinajstić information content (AvgIpc) is 2.40. The molecule has 0 saturated carbocycles. The summed E-state index contributed by atoms with van der Waals surface area (Å²) in [5, 5.41) is 9.75. The van der Waals surface area contributed by atoms with Gasteiger partial charge in [-0.3, -0.25) is 0 Å². The lowest BCUT2D eigenvalue weighted by atomic mass is 9.92. The number of rotatable bonds is 4. The average molecular weight is 282 g/mol. The zero-order chi connectivity index (χ0) is 13.8. The lowest BCUT2D eigenvalue weighted by molar-refractivity contribution is 0.0697. The number of hydrogen-bond acceptors (Lipinski definition) is 2. The van der Waals surface area contributed by atoms with Crippen LogP contribution in [0.5, 0.6) is 0 Å². The Hall–Kier alpha value is -1.22. The van der Waals surface area contributed by atoms with Crippen LogP contribution in [-0.2, 0) is 0 Å². The molecule has 3 nitrogen and oxygen atoms in total. The van der Waals surface area contributed by atoms with E-state index in [1.807, 2.05) is 6.07 Å². The van der Waals surface area contributed by atoms with E-state index >= 15 is 0 Å². The van der Waals surface area contributed by atoms with Crippen LogP contribution in [0.25, 0.3) is 0 Å². The van der Waals surface area contributed by atoms with Gasteiger partial charge in [0.05, 0.1) is 11.3 Å². The summed E-state index contributed by atoms with van der Waals surface area (Å²) in [6.45, 7) is 4.09. The van der Waals surface area contributed by atoms with Gasteiger partial charge in [-0.1, -0.05) is 31.4 Å². The summed E-state index contributed by atoms with van der Waals surface area (Å²) in [7, 11) is 0. The molecule has 1 N–H and O–H groups in total. The van der Waals surface area contributed by atoms with Gasteiger partial charge in [-0.15, -0.1) is 0 Å². The molecule has 0 aromatic heterocycles. The van der Waals surface area contributed by atoms with Gasteiger partial charge in [-0.2, -0.15) is 0 Å². The Morgan fingerprint density at radius 3 is 2.68 bits per heavy atom. The molecule has 1 aliphatic heterocycles. The molecule has 0 atom stereocenters. The minimum atomic E-state index is -0.909. The second-order valence-electron chi connectivity index (χ2n) is 5.19. The van der Waals surface area contributed by atoms with Gasteiger partial charge in [-0.05, 0) is 37.0 Å². The largest absolute Gasteiger partial charge is 0.478 e. The molecule has 1 saturated heterocycles. The predicted octanol–water partition coefficient (Wildman–Crippen LogP) is 4.05. The third-order valence-corrected chi connectivity index (χ3v) is 4.08. The minimum Gasteiger partial charge on any atom is -0.478 e. The first-order valence-electron chi connectivity index (χ1n) is 6.89. The van der Waals surface area contributed by atoms with Crippen LogP contribution >= 0.6 is 11.6 Å². The number of hydrogen-bond donors (Lipinski definition) is 1. The molecule has 2 rings (SSSR count). The van der Waals surface area contributed by atoms with Gasteiger partial charge < -0.3 is 10.0 Å². The van der Waals surface area contributed by atoms with Gasteiger partial charge in [0.1, 0.15) is 0 Å². The Morgan fingerprint density at radius 2 is 2.11 bits per heavy atom. The van der Waals surface area contributed by atoms with Crippen molar-refractivity contribution < 1.29 is 9.90 Å². The molecule has 0 unspecified atom stereocenters. The Morgan fingerprint density at radius 1 is 1.42 bits per heavy atom. The van der Waals surface area contributed by atoms with Crippen LogP contribution in [0.15, 0.2) is 18.2 Å². The fourth-order valence-corrected chi connectivity index (χ4v) is 3.00. The third-order valence-electron chi connectivity index (χ3n) is 3.84. The van der Waals surface area contributed by atoms with E-state index in [1.54, 1.807) is 6.07 Å². The number of benzene rings is 1. The fraction of sp³-hybridized carbons (Fsp3) is 0.533. The Bertz CT molecular complexity index is 453. The predicted molar refractivity (Wildman–Crippen MR) is 78.3 cm³/mol. The van der Waals surface area contributed by atoms with E-state index in [-0.39, 0.29) is 0 Å². The quantitative estimate of drug-likeness (QED) is 0.905. The van der Waals surface area contributed by atoms with Gasteiger partial charge >= 0.3 is 5.97 Å². The fourth-order valence-electron chi connectivity index (χ4n) is 2.83. The normalized spacial score (nSPS) is 16.6. The summed E-state index contributed by atoms with van der Waals surface area (Å²) >= 11 is 5.88. The first-order chi connectivity index (χ1) is 9.11. The molecule has 1 aromatic rings. The smallest absolute Gasteiger partial charge is 0.337 e. The van der Waals surface area contributed by atoms with Crippen LogP contribution in [0.2, 0.25) is 5.02 Å². The number of carbonyl (C=O) groups is 1. The molecule has 1 aromatic carbocycles. The number of nitrogens with zero attached hydrogens (tertiary/aromatic N) is 1. The Kier molecular flexibility index (Phi) is 4.70. The lowest BCUT2D eigenvalue weighted by Crippen LogP contribution is -2.34. The van der Waals surface area contributed by atoms with Gasteiger partial charge in [-0.25, -0.2) is 4.79 Å². The van der Waals surface area contributed by atoms with Crippen molar-refractivity contribution in [2.75, 3.05) is 18.0 Å². The maximum absolute atomic E-state index is 11.3. The molecule has 4 heteroatoms. The first kappa shape index (κ1) is 14.2. The highest BCUT2D eigenvalue weighted by molar-refractivity contribution is 6.31. The molecule has 1 heterocycles. The van der Waals surface area contributed by atoms with Crippen molar-refractivity contribution in [3.63, 3.8) is 0 Å². The van der Waals surface area contributed by atoms with Crippen molar-refractivity contribution in [1.82, 2.24) is 0 Å². The standard InChI is InChI=1S/C15H20ClNO2/c1-2-3-11-6-8-17(9-7-11)14-5-4-12(16)10-13(14)15(18)19/h4-5,10-11H,2-3,6-9H2,1H3,(H,18,19). The van der Waals surface area contributed by atoms with Crippen molar-refractivity contribution >= 4 is 23.3 Å². The van der Waals surface area contributed by atoms with Gasteiger partial charge in [0, 0.05) is 18.1 Å². The van der Waals surface area contributed by atoms with Crippen LogP contribution in [0.1, 0.15) is 43.0 Å². The number of aromatic carboxylic acids is 1. The molecular formula is C15H20ClNO2. The summed E-state index contributed by atoms with van der Waals surface area (Å²) in [6, 6.07) is 5.13. The van der Waals surface area contributed by atoms with Crippen LogP contribution in [0, 0.1) is 5.92 Å². The van der Waals surface area contributed by atoms with Gasteiger partial charge in [0.15, 0.2) is 0 Å². The number of anilines is 1. The monoisotopic (exact) mass is 281 g/mol. The van der Waals surface area contributed by atoms with E-state index in [4.69, 9.17) is 11.6 Å². The maximum atomic E-state index is 11.3. The second kappa shape index (κ2) is 6.29. The highest BCUT2D eigenvalue weighted by atomic mass is 35.5. The van der Waals surface area contributed by atoms with E-state index in [9.17, 15) is 9.90 Å². The third kappa shape index (κ3) is 3.41. The summed E-state index contributed by atoms with van der Waals surface area (Å²) < 4.78 is 0. The van der Waals surface area contributed by atoms with Crippen molar-refractivity contribution in [1.29, 1.82) is 0 Å². The molecule has 0 amide bonds. The topological polar surface area (TPSA) is 40.5 Å². The van der Waals surface area contributed by atoms with E-state index in [0.717, 1.165) is 37.5 Å². The maximum Gasteiger partial charge on any atom is 0.337 e. The molecule has 0 radical (unpaired) electrons. The van der Waals surface area contributed by atoms with Crippen molar-refractivity contribution in [2.45, 2.75) is 32.6 Å². The van der Waals surface area contributed by atoms with E-state index in [1.165, 1.54) is 18.9 Å². The minimum absolute atomic E-state index is 0.307. The molecule has 1 aliphatic rings. The molecule has 1 fully saturated rings. The van der Waals surface area contributed by atoms with Crippen molar-refractivity contribution in [3.05, 3.63) is 28.8 Å². The van der Waals surface area contributed by atoms with Crippen molar-refractivity contribution in [2.24, 2.45) is 5.92 Å². The summed E-state index contributed by atoms with van der Waals surface area (Å²) in [4.78, 5) is 13.5. The van der Waals surface area contributed by atoms with E-state index in [2.05, 4.69) is 11.8 Å². The number of carboxylic acids is 1. The highest BCUT2D eigenvalue weighted by Gasteiger charge is 2.22. The lowest BCUT2D eigenvalue weighted by Gasteiger charge is -2.34. The molecule has 19 heavy (non-hydrogen) atoms. The van der Waals surface area contributed by atoms with Crippen molar-refractivity contribution in [3.8, 4) is 0 Å². The van der Waals surface area contributed by atoms with Crippen LogP contribution in [0.3, 0.4) is 0 Å². The molecule has 0 spiro atoms. The van der Waals surface area contributed by atoms with Crippen LogP contribution < -0.4 is 4.90 Å². The van der Waals surface area contributed by atoms with Crippen LogP contribution in [-0.4, -0.2) is 24.2 Å². The van der Waals surface area contributed by atoms with Gasteiger partial charge in [0.2, 0.25) is 0 Å². The summed E-state index contributed by atoms with van der Waals surface area (Å²) in [5.41, 5.74) is 1.10. The zero-order valence-electron chi connectivity index (χ0n) is 11.2. The first-order valence-corrected chi connectivity index (χ1v) is 7.27.